The molecule has 8 nitrogen and oxygen atoms in total. The molecule has 9 atom stereocenters. The Morgan fingerprint density at radius 1 is 1.02 bits per heavy atom. The molecule has 3 amide bonds. The maximum absolute atomic E-state index is 14.3. The molecule has 9 unspecified atom stereocenters. The van der Waals surface area contributed by atoms with E-state index in [0.29, 0.717) is 41.7 Å². The first kappa shape index (κ1) is 28.7. The van der Waals surface area contributed by atoms with E-state index in [1.807, 2.05) is 12.2 Å². The first-order valence-electron chi connectivity index (χ1n) is 15.5. The van der Waals surface area contributed by atoms with Gasteiger partial charge in [-0.1, -0.05) is 56.9 Å². The van der Waals surface area contributed by atoms with Crippen molar-refractivity contribution >= 4 is 35.0 Å². The van der Waals surface area contributed by atoms with Gasteiger partial charge in [0, 0.05) is 35.9 Å². The number of carbonyl (C=O) groups is 3. The molecule has 1 aromatic rings. The van der Waals surface area contributed by atoms with Crippen molar-refractivity contribution in [3.8, 4) is 0 Å². The van der Waals surface area contributed by atoms with Gasteiger partial charge in [0.2, 0.25) is 17.7 Å². The fraction of sp³-hybridized carbons (Fsp3) is 0.656. The van der Waals surface area contributed by atoms with Crippen molar-refractivity contribution in [3.63, 3.8) is 0 Å². The molecular formula is C32H43ClN4O4. The molecule has 0 aromatic heterocycles. The SMILES string of the molecule is CC1CCCC(NC(=O)C2N(CCN3CCCCC3C)C(=O)C3C(C(=O)Nc4ccc(Cl)cc4)C4C=CC32O4)C1C. The summed E-state index contributed by atoms with van der Waals surface area (Å²) in [6.45, 7) is 8.82. The Labute approximate surface area is 248 Å². The number of rotatable bonds is 7. The van der Waals surface area contributed by atoms with Crippen LogP contribution in [0.4, 0.5) is 5.69 Å². The Morgan fingerprint density at radius 3 is 2.56 bits per heavy atom. The lowest BCUT2D eigenvalue weighted by Gasteiger charge is -2.39. The van der Waals surface area contributed by atoms with Gasteiger partial charge in [0.1, 0.15) is 11.6 Å². The van der Waals surface area contributed by atoms with E-state index in [1.165, 1.54) is 12.8 Å². The third-order valence-corrected chi connectivity index (χ3v) is 10.9. The van der Waals surface area contributed by atoms with Gasteiger partial charge in [-0.05, 0) is 68.8 Å². The van der Waals surface area contributed by atoms with Gasteiger partial charge < -0.3 is 20.3 Å². The zero-order valence-corrected chi connectivity index (χ0v) is 25.1. The Balaban J connectivity index is 1.28. The molecule has 222 valence electrons. The Morgan fingerprint density at radius 2 is 1.80 bits per heavy atom. The fourth-order valence-electron chi connectivity index (χ4n) is 8.04. The number of likely N-dealkylation sites (tertiary alicyclic amines) is 2. The molecule has 9 heteroatoms. The molecule has 4 fully saturated rings. The lowest BCUT2D eigenvalue weighted by Crippen LogP contribution is -2.58. The van der Waals surface area contributed by atoms with Crippen LogP contribution in [0, 0.1) is 23.7 Å². The number of fused-ring (bicyclic) bond motifs is 1. The second-order valence-corrected chi connectivity index (χ2v) is 13.4. The average Bonchev–Trinajstić information content (AvgIpc) is 3.59. The van der Waals surface area contributed by atoms with E-state index in [-0.39, 0.29) is 23.8 Å². The summed E-state index contributed by atoms with van der Waals surface area (Å²) in [5.74, 6) is -1.18. The quantitative estimate of drug-likeness (QED) is 0.469. The smallest absolute Gasteiger partial charge is 0.246 e. The number of halogens is 1. The molecule has 1 saturated carbocycles. The molecular weight excluding hydrogens is 540 g/mol. The predicted octanol–water partition coefficient (Wildman–Crippen LogP) is 4.24. The summed E-state index contributed by atoms with van der Waals surface area (Å²) in [6, 6.07) is 6.61. The molecule has 2 bridgehead atoms. The normalized spacial score (nSPS) is 38.2. The highest BCUT2D eigenvalue weighted by atomic mass is 35.5. The van der Waals surface area contributed by atoms with Gasteiger partial charge in [-0.15, -0.1) is 0 Å². The summed E-state index contributed by atoms with van der Waals surface area (Å²) < 4.78 is 6.53. The number of amides is 3. The zero-order chi connectivity index (χ0) is 28.9. The number of hydrogen-bond acceptors (Lipinski definition) is 5. The number of nitrogens with one attached hydrogen (secondary N) is 2. The predicted molar refractivity (Wildman–Crippen MR) is 158 cm³/mol. The van der Waals surface area contributed by atoms with Crippen LogP contribution in [0.25, 0.3) is 0 Å². The van der Waals surface area contributed by atoms with Gasteiger partial charge >= 0.3 is 0 Å². The van der Waals surface area contributed by atoms with Crippen LogP contribution in [0.5, 0.6) is 0 Å². The number of ether oxygens (including phenoxy) is 1. The van der Waals surface area contributed by atoms with Gasteiger partial charge in [0.25, 0.3) is 0 Å². The standard InChI is InChI=1S/C32H43ClN4O4/c1-19-7-6-9-24(21(19)3)35-30(39)28-32-15-14-25(41-32)26(29(38)34-23-12-10-22(33)11-13-23)27(32)31(40)37(28)18-17-36-16-5-4-8-20(36)2/h10-15,19-21,24-28H,4-9,16-18H2,1-3H3,(H,34,38)(H,35,39). The van der Waals surface area contributed by atoms with Gasteiger partial charge in [0.15, 0.2) is 0 Å². The van der Waals surface area contributed by atoms with E-state index >= 15 is 0 Å². The van der Waals surface area contributed by atoms with Crippen molar-refractivity contribution in [3.05, 3.63) is 41.4 Å². The van der Waals surface area contributed by atoms with Crippen LogP contribution in [0.1, 0.15) is 59.3 Å². The molecule has 1 aromatic carbocycles. The van der Waals surface area contributed by atoms with Crippen LogP contribution in [0.15, 0.2) is 36.4 Å². The number of anilines is 1. The van der Waals surface area contributed by atoms with Gasteiger partial charge in [-0.3, -0.25) is 19.3 Å². The molecule has 5 aliphatic rings. The van der Waals surface area contributed by atoms with Gasteiger partial charge in [0.05, 0.1) is 17.9 Å². The van der Waals surface area contributed by atoms with Crippen LogP contribution in [0.2, 0.25) is 5.02 Å². The number of hydrogen-bond donors (Lipinski definition) is 2. The summed E-state index contributed by atoms with van der Waals surface area (Å²) in [6.07, 6.45) is 9.91. The van der Waals surface area contributed by atoms with Crippen molar-refractivity contribution in [2.45, 2.75) is 89.1 Å². The summed E-state index contributed by atoms with van der Waals surface area (Å²) in [5.41, 5.74) is -0.540. The van der Waals surface area contributed by atoms with Crippen molar-refractivity contribution in [2.24, 2.45) is 23.7 Å². The van der Waals surface area contributed by atoms with E-state index in [1.54, 1.807) is 29.2 Å². The highest BCUT2D eigenvalue weighted by molar-refractivity contribution is 6.30. The maximum atomic E-state index is 14.3. The number of nitrogens with zero attached hydrogens (tertiary/aromatic N) is 2. The second-order valence-electron chi connectivity index (χ2n) is 13.0. The van der Waals surface area contributed by atoms with E-state index in [0.717, 1.165) is 32.2 Å². The van der Waals surface area contributed by atoms with E-state index < -0.39 is 29.6 Å². The highest BCUT2D eigenvalue weighted by Crippen LogP contribution is 2.55. The summed E-state index contributed by atoms with van der Waals surface area (Å²) in [4.78, 5) is 46.3. The van der Waals surface area contributed by atoms with Crippen LogP contribution in [-0.4, -0.2) is 77.0 Å². The Bertz CT molecular complexity index is 1210. The van der Waals surface area contributed by atoms with E-state index in [9.17, 15) is 14.4 Å². The van der Waals surface area contributed by atoms with Gasteiger partial charge in [-0.25, -0.2) is 0 Å². The summed E-state index contributed by atoms with van der Waals surface area (Å²) >= 11 is 6.03. The number of piperidine rings is 1. The minimum absolute atomic E-state index is 0.0624. The summed E-state index contributed by atoms with van der Waals surface area (Å²) in [5, 5.41) is 6.88. The molecule has 1 aliphatic carbocycles. The van der Waals surface area contributed by atoms with E-state index in [4.69, 9.17) is 16.3 Å². The molecule has 0 radical (unpaired) electrons. The highest BCUT2D eigenvalue weighted by Gasteiger charge is 2.72. The molecule has 2 N–H and O–H groups in total. The first-order chi connectivity index (χ1) is 19.7. The van der Waals surface area contributed by atoms with Crippen molar-refractivity contribution in [1.29, 1.82) is 0 Å². The molecule has 1 spiro atoms. The minimum atomic E-state index is -1.15. The molecule has 4 heterocycles. The van der Waals surface area contributed by atoms with Crippen LogP contribution in [0.3, 0.4) is 0 Å². The minimum Gasteiger partial charge on any atom is -0.359 e. The molecule has 3 saturated heterocycles. The van der Waals surface area contributed by atoms with E-state index in [2.05, 4.69) is 36.3 Å². The monoisotopic (exact) mass is 582 g/mol. The average molecular weight is 583 g/mol. The second kappa shape index (κ2) is 11.3. The summed E-state index contributed by atoms with van der Waals surface area (Å²) in [7, 11) is 0. The largest absolute Gasteiger partial charge is 0.359 e. The van der Waals surface area contributed by atoms with Crippen LogP contribution >= 0.6 is 11.6 Å². The molecule has 41 heavy (non-hydrogen) atoms. The topological polar surface area (TPSA) is 91.0 Å². The van der Waals surface area contributed by atoms with Gasteiger partial charge in [-0.2, -0.15) is 0 Å². The lowest BCUT2D eigenvalue weighted by molar-refractivity contribution is -0.142. The first-order valence-corrected chi connectivity index (χ1v) is 15.9. The van der Waals surface area contributed by atoms with Crippen molar-refractivity contribution in [2.75, 3.05) is 25.0 Å². The van der Waals surface area contributed by atoms with Crippen molar-refractivity contribution < 1.29 is 19.1 Å². The third-order valence-electron chi connectivity index (χ3n) is 10.6. The lowest BCUT2D eigenvalue weighted by atomic mass is 9.73. The molecule has 6 rings (SSSR count). The maximum Gasteiger partial charge on any atom is 0.246 e. The number of benzene rings is 1. The van der Waals surface area contributed by atoms with Crippen LogP contribution < -0.4 is 10.6 Å². The van der Waals surface area contributed by atoms with Crippen LogP contribution in [-0.2, 0) is 19.1 Å². The fourth-order valence-corrected chi connectivity index (χ4v) is 8.17. The zero-order valence-electron chi connectivity index (χ0n) is 24.4. The van der Waals surface area contributed by atoms with Crippen molar-refractivity contribution in [1.82, 2.24) is 15.1 Å². The Kier molecular flexibility index (Phi) is 7.94. The number of carbonyl (C=O) groups excluding carboxylic acids is 3. The Hall–Kier alpha value is -2.42. The molecule has 4 aliphatic heterocycles. The third kappa shape index (κ3) is 5.10.